The zero-order chi connectivity index (χ0) is 10.7. The number of carbonyl (C=O) groups excluding carboxylic acids is 1. The summed E-state index contributed by atoms with van der Waals surface area (Å²) in [6, 6.07) is 9.92. The fourth-order valence-electron chi connectivity index (χ4n) is 1.84. The largest absolute Gasteiger partial charge is 0.465 e. The number of ether oxygens (including phenoxy) is 1. The minimum Gasteiger partial charge on any atom is -0.465 e. The summed E-state index contributed by atoms with van der Waals surface area (Å²) >= 11 is 0. The van der Waals surface area contributed by atoms with Crippen LogP contribution in [0.3, 0.4) is 0 Å². The van der Waals surface area contributed by atoms with Crippen molar-refractivity contribution in [2.75, 3.05) is 13.2 Å². The van der Waals surface area contributed by atoms with E-state index in [1.807, 2.05) is 25.1 Å². The lowest BCUT2D eigenvalue weighted by Gasteiger charge is -2.36. The molecule has 1 aliphatic heterocycles. The van der Waals surface area contributed by atoms with Crippen LogP contribution in [0.4, 0.5) is 0 Å². The molecule has 1 fully saturated rings. The maximum atomic E-state index is 11.5. The van der Waals surface area contributed by atoms with Crippen molar-refractivity contribution in [3.05, 3.63) is 35.9 Å². The second kappa shape index (κ2) is 4.45. The van der Waals surface area contributed by atoms with Crippen molar-refractivity contribution in [3.8, 4) is 0 Å². The van der Waals surface area contributed by atoms with Crippen LogP contribution in [-0.2, 0) is 9.53 Å². The highest BCUT2D eigenvalue weighted by Crippen LogP contribution is 2.26. The standard InChI is InChI=1S/C12H15NO2/c1-2-15-12(14)11-10(8-13-11)9-6-4-3-5-7-9/h3-7,10-11,13H,2,8H2,1H3/t10-,11+/m0/s1. The van der Waals surface area contributed by atoms with Crippen LogP contribution in [0.5, 0.6) is 0 Å². The van der Waals surface area contributed by atoms with Gasteiger partial charge in [-0.2, -0.15) is 0 Å². The summed E-state index contributed by atoms with van der Waals surface area (Å²) < 4.78 is 5.00. The number of rotatable bonds is 3. The van der Waals surface area contributed by atoms with E-state index in [1.54, 1.807) is 0 Å². The van der Waals surface area contributed by atoms with Crippen LogP contribution in [0.1, 0.15) is 18.4 Å². The van der Waals surface area contributed by atoms with E-state index in [9.17, 15) is 4.79 Å². The molecule has 1 N–H and O–H groups in total. The van der Waals surface area contributed by atoms with Crippen molar-refractivity contribution in [2.45, 2.75) is 18.9 Å². The molecule has 1 aliphatic rings. The molecule has 80 valence electrons. The Kier molecular flexibility index (Phi) is 3.02. The molecule has 1 heterocycles. The molecule has 2 atom stereocenters. The van der Waals surface area contributed by atoms with Crippen molar-refractivity contribution in [1.82, 2.24) is 5.32 Å². The van der Waals surface area contributed by atoms with Gasteiger partial charge in [0, 0.05) is 12.5 Å². The van der Waals surface area contributed by atoms with Crippen molar-refractivity contribution in [2.24, 2.45) is 0 Å². The Hall–Kier alpha value is -1.35. The van der Waals surface area contributed by atoms with Crippen molar-refractivity contribution < 1.29 is 9.53 Å². The van der Waals surface area contributed by atoms with Gasteiger partial charge in [-0.05, 0) is 12.5 Å². The topological polar surface area (TPSA) is 38.3 Å². The van der Waals surface area contributed by atoms with E-state index in [4.69, 9.17) is 4.74 Å². The van der Waals surface area contributed by atoms with E-state index in [2.05, 4.69) is 17.4 Å². The quantitative estimate of drug-likeness (QED) is 0.756. The van der Waals surface area contributed by atoms with Gasteiger partial charge in [0.15, 0.2) is 0 Å². The van der Waals surface area contributed by atoms with Crippen LogP contribution in [0.15, 0.2) is 30.3 Å². The summed E-state index contributed by atoms with van der Waals surface area (Å²) in [7, 11) is 0. The smallest absolute Gasteiger partial charge is 0.323 e. The monoisotopic (exact) mass is 205 g/mol. The van der Waals surface area contributed by atoms with Gasteiger partial charge < -0.3 is 10.1 Å². The Morgan fingerprint density at radius 1 is 1.47 bits per heavy atom. The number of carbonyl (C=O) groups is 1. The van der Waals surface area contributed by atoms with Crippen molar-refractivity contribution >= 4 is 5.97 Å². The highest BCUT2D eigenvalue weighted by Gasteiger charge is 2.37. The zero-order valence-electron chi connectivity index (χ0n) is 8.77. The molecule has 3 nitrogen and oxygen atoms in total. The molecule has 0 bridgehead atoms. The lowest BCUT2D eigenvalue weighted by Crippen LogP contribution is -2.56. The third-order valence-corrected chi connectivity index (χ3v) is 2.73. The molecule has 1 saturated heterocycles. The molecule has 1 aromatic rings. The number of hydrogen-bond acceptors (Lipinski definition) is 3. The number of hydrogen-bond donors (Lipinski definition) is 1. The first-order valence-electron chi connectivity index (χ1n) is 5.28. The fourth-order valence-corrected chi connectivity index (χ4v) is 1.84. The SMILES string of the molecule is CCOC(=O)[C@@H]1NC[C@H]1c1ccccc1. The minimum atomic E-state index is -0.160. The lowest BCUT2D eigenvalue weighted by molar-refractivity contribution is -0.148. The van der Waals surface area contributed by atoms with Crippen LogP contribution in [0.2, 0.25) is 0 Å². The minimum absolute atomic E-state index is 0.141. The van der Waals surface area contributed by atoms with Crippen molar-refractivity contribution in [1.29, 1.82) is 0 Å². The van der Waals surface area contributed by atoms with Gasteiger partial charge in [-0.15, -0.1) is 0 Å². The molecule has 1 aromatic carbocycles. The average molecular weight is 205 g/mol. The van der Waals surface area contributed by atoms with E-state index in [0.29, 0.717) is 6.61 Å². The summed E-state index contributed by atoms with van der Waals surface area (Å²) in [5, 5.41) is 3.10. The van der Waals surface area contributed by atoms with E-state index in [0.717, 1.165) is 6.54 Å². The molecule has 2 rings (SSSR count). The third-order valence-electron chi connectivity index (χ3n) is 2.73. The Labute approximate surface area is 89.4 Å². The molecule has 0 radical (unpaired) electrons. The van der Waals surface area contributed by atoms with Gasteiger partial charge >= 0.3 is 5.97 Å². The molecular weight excluding hydrogens is 190 g/mol. The number of benzene rings is 1. The predicted octanol–water partition coefficient (Wildman–Crippen LogP) is 1.31. The summed E-state index contributed by atoms with van der Waals surface area (Å²) in [5.74, 6) is 0.128. The van der Waals surface area contributed by atoms with Gasteiger partial charge in [0.25, 0.3) is 0 Å². The lowest BCUT2D eigenvalue weighted by atomic mass is 9.85. The Morgan fingerprint density at radius 2 is 2.20 bits per heavy atom. The first kappa shape index (κ1) is 10.2. The highest BCUT2D eigenvalue weighted by molar-refractivity contribution is 5.78. The molecule has 0 amide bonds. The first-order valence-corrected chi connectivity index (χ1v) is 5.28. The summed E-state index contributed by atoms with van der Waals surface area (Å²) in [6.07, 6.45) is 0. The Bertz CT molecular complexity index is 337. The molecular formula is C12H15NO2. The second-order valence-electron chi connectivity index (χ2n) is 3.66. The summed E-state index contributed by atoms with van der Waals surface area (Å²) in [5.41, 5.74) is 1.20. The molecule has 0 aromatic heterocycles. The molecule has 15 heavy (non-hydrogen) atoms. The molecule has 3 heteroatoms. The predicted molar refractivity (Wildman–Crippen MR) is 57.6 cm³/mol. The number of nitrogens with one attached hydrogen (secondary N) is 1. The van der Waals surface area contributed by atoms with Gasteiger partial charge in [-0.25, -0.2) is 0 Å². The third kappa shape index (κ3) is 2.02. The fraction of sp³-hybridized carbons (Fsp3) is 0.417. The van der Waals surface area contributed by atoms with Gasteiger partial charge in [0.1, 0.15) is 6.04 Å². The summed E-state index contributed by atoms with van der Waals surface area (Å²) in [6.45, 7) is 3.13. The Balaban J connectivity index is 2.03. The van der Waals surface area contributed by atoms with Crippen LogP contribution >= 0.6 is 0 Å². The van der Waals surface area contributed by atoms with E-state index in [-0.39, 0.29) is 17.9 Å². The maximum Gasteiger partial charge on any atom is 0.323 e. The highest BCUT2D eigenvalue weighted by atomic mass is 16.5. The van der Waals surface area contributed by atoms with Crippen LogP contribution < -0.4 is 5.32 Å². The van der Waals surface area contributed by atoms with Gasteiger partial charge in [-0.3, -0.25) is 4.79 Å². The average Bonchev–Trinajstić information content (AvgIpc) is 2.18. The maximum absolute atomic E-state index is 11.5. The van der Waals surface area contributed by atoms with E-state index < -0.39 is 0 Å². The summed E-state index contributed by atoms with van der Waals surface area (Å²) in [4.78, 5) is 11.5. The zero-order valence-corrected chi connectivity index (χ0v) is 8.77. The molecule has 0 saturated carbocycles. The van der Waals surface area contributed by atoms with Gasteiger partial charge in [0.2, 0.25) is 0 Å². The first-order chi connectivity index (χ1) is 7.33. The van der Waals surface area contributed by atoms with Gasteiger partial charge in [0.05, 0.1) is 6.61 Å². The molecule has 0 aliphatic carbocycles. The number of esters is 1. The molecule has 0 spiro atoms. The van der Waals surface area contributed by atoms with Gasteiger partial charge in [-0.1, -0.05) is 30.3 Å². The van der Waals surface area contributed by atoms with E-state index in [1.165, 1.54) is 5.56 Å². The van der Waals surface area contributed by atoms with Crippen molar-refractivity contribution in [3.63, 3.8) is 0 Å². The van der Waals surface area contributed by atoms with Crippen LogP contribution in [-0.4, -0.2) is 25.2 Å². The Morgan fingerprint density at radius 3 is 2.73 bits per heavy atom. The second-order valence-corrected chi connectivity index (χ2v) is 3.66. The molecule has 0 unspecified atom stereocenters. The van der Waals surface area contributed by atoms with Crippen LogP contribution in [0, 0.1) is 0 Å². The normalized spacial score (nSPS) is 24.3. The van der Waals surface area contributed by atoms with E-state index >= 15 is 0 Å². The van der Waals surface area contributed by atoms with Crippen LogP contribution in [0.25, 0.3) is 0 Å².